The molecule has 0 amide bonds. The third-order valence-corrected chi connectivity index (χ3v) is 2.07. The Kier molecular flexibility index (Phi) is 6.40. The largest absolute Gasteiger partial charge is 1.00 e. The summed E-state index contributed by atoms with van der Waals surface area (Å²) < 4.78 is 0. The summed E-state index contributed by atoms with van der Waals surface area (Å²) in [6, 6.07) is 0. The van der Waals surface area contributed by atoms with Crippen LogP contribution in [0.15, 0.2) is 5.28 Å². The molecule has 0 radical (unpaired) electrons. The molecule has 72 valence electrons. The van der Waals surface area contributed by atoms with E-state index in [9.17, 15) is 5.21 Å². The zero-order valence-corrected chi connectivity index (χ0v) is 9.76. The minimum absolute atomic E-state index is 0. The van der Waals surface area contributed by atoms with Crippen LogP contribution in [-0.2, 0) is 0 Å². The van der Waals surface area contributed by atoms with Gasteiger partial charge in [-0.1, -0.05) is 0 Å². The Morgan fingerprint density at radius 1 is 1.69 bits per heavy atom. The number of nitrogens with zero attached hydrogens (tertiary/aromatic N) is 3. The van der Waals surface area contributed by atoms with Gasteiger partial charge in [0.05, 0.1) is 18.1 Å². The van der Waals surface area contributed by atoms with Crippen molar-refractivity contribution in [2.24, 2.45) is 11.2 Å². The van der Waals surface area contributed by atoms with Gasteiger partial charge in [-0.15, -0.1) is 5.01 Å². The number of aliphatic hydroxyl groups is 1. The molecule has 0 aromatic carbocycles. The molecule has 1 fully saturated rings. The fourth-order valence-corrected chi connectivity index (χ4v) is 1.40. The summed E-state index contributed by atoms with van der Waals surface area (Å²) in [5.74, 6) is 0.122. The Morgan fingerprint density at radius 3 is 2.92 bits per heavy atom. The molecule has 1 aliphatic rings. The van der Waals surface area contributed by atoms with E-state index in [2.05, 4.69) is 5.28 Å². The van der Waals surface area contributed by atoms with Crippen LogP contribution in [0, 0.1) is 11.1 Å². The van der Waals surface area contributed by atoms with Gasteiger partial charge < -0.3 is 16.9 Å². The van der Waals surface area contributed by atoms with Gasteiger partial charge in [-0.2, -0.15) is 0 Å². The van der Waals surface area contributed by atoms with E-state index >= 15 is 0 Å². The molecular formula is C6H14N3NaO3. The molecule has 1 heterocycles. The third kappa shape index (κ3) is 3.68. The number of piperidine rings is 1. The summed E-state index contributed by atoms with van der Waals surface area (Å²) in [5, 5.41) is 31.6. The molecule has 0 spiro atoms. The summed E-state index contributed by atoms with van der Waals surface area (Å²) in [4.78, 5) is 0.168. The molecule has 0 bridgehead atoms. The van der Waals surface area contributed by atoms with Crippen molar-refractivity contribution in [2.45, 2.75) is 12.8 Å². The van der Waals surface area contributed by atoms with E-state index in [4.69, 9.17) is 10.3 Å². The standard InChI is InChI=1S/C6H13N3O3.Na.H/c10-5-6-2-1-3-8(4-6)9(12)7-11;;/h6,10-11H,1-5H2;;/q;+1;-1/b9-7+;;. The predicted molar refractivity (Wildman–Crippen MR) is 40.3 cm³/mol. The number of rotatable bonds is 2. The van der Waals surface area contributed by atoms with Crippen molar-refractivity contribution in [1.29, 1.82) is 0 Å². The molecule has 0 aliphatic carbocycles. The average Bonchev–Trinajstić information content (AvgIpc) is 2.17. The smallest absolute Gasteiger partial charge is 1.00 e. The van der Waals surface area contributed by atoms with Gasteiger partial charge in [0.15, 0.2) is 0 Å². The Hall–Kier alpha value is -0.0400. The summed E-state index contributed by atoms with van der Waals surface area (Å²) in [6.07, 6.45) is 1.77. The van der Waals surface area contributed by atoms with Crippen molar-refractivity contribution in [3.63, 3.8) is 0 Å². The summed E-state index contributed by atoms with van der Waals surface area (Å²) in [6.45, 7) is 1.13. The van der Waals surface area contributed by atoms with Gasteiger partial charge in [-0.25, -0.2) is 0 Å². The third-order valence-electron chi connectivity index (χ3n) is 2.07. The molecule has 1 saturated heterocycles. The Bertz CT molecular complexity index is 184. The van der Waals surface area contributed by atoms with Crippen LogP contribution < -0.4 is 29.6 Å². The van der Waals surface area contributed by atoms with Crippen LogP contribution in [0.25, 0.3) is 0 Å². The Balaban J connectivity index is 0. The van der Waals surface area contributed by atoms with Crippen LogP contribution in [0.3, 0.4) is 0 Å². The van der Waals surface area contributed by atoms with Gasteiger partial charge in [0.2, 0.25) is 5.28 Å². The average molecular weight is 199 g/mol. The molecule has 2 N–H and O–H groups in total. The summed E-state index contributed by atoms with van der Waals surface area (Å²) in [7, 11) is 0. The van der Waals surface area contributed by atoms with Gasteiger partial charge in [0.25, 0.3) is 0 Å². The van der Waals surface area contributed by atoms with Crippen molar-refractivity contribution in [1.82, 2.24) is 5.01 Å². The van der Waals surface area contributed by atoms with Gasteiger partial charge in [0.1, 0.15) is 0 Å². The number of aliphatic hydroxyl groups excluding tert-OH is 1. The van der Waals surface area contributed by atoms with E-state index in [0.717, 1.165) is 12.8 Å². The Labute approximate surface area is 100 Å². The maximum Gasteiger partial charge on any atom is 1.00 e. The van der Waals surface area contributed by atoms with Crippen LogP contribution in [0.2, 0.25) is 0 Å². The number of hydrogen-bond acceptors (Lipinski definition) is 3. The van der Waals surface area contributed by atoms with E-state index in [0.29, 0.717) is 13.1 Å². The van der Waals surface area contributed by atoms with E-state index in [1.165, 1.54) is 5.01 Å². The first-order valence-corrected chi connectivity index (χ1v) is 3.96. The van der Waals surface area contributed by atoms with Crippen molar-refractivity contribution < 1.29 is 46.3 Å². The minimum atomic E-state index is 0. The topological polar surface area (TPSA) is 82.1 Å². The van der Waals surface area contributed by atoms with Crippen LogP contribution in [-0.4, -0.2) is 40.0 Å². The molecule has 13 heavy (non-hydrogen) atoms. The second kappa shape index (κ2) is 6.42. The van der Waals surface area contributed by atoms with Crippen LogP contribution in [0.5, 0.6) is 0 Å². The zero-order chi connectivity index (χ0) is 8.97. The first-order chi connectivity index (χ1) is 5.77. The van der Waals surface area contributed by atoms with E-state index in [1.807, 2.05) is 0 Å². The normalized spacial score (nSPS) is 23.9. The second-order valence-electron chi connectivity index (χ2n) is 2.95. The fraction of sp³-hybridized carbons (Fsp3) is 1.00. The van der Waals surface area contributed by atoms with Gasteiger partial charge >= 0.3 is 29.6 Å². The van der Waals surface area contributed by atoms with Gasteiger partial charge in [0, 0.05) is 12.5 Å². The van der Waals surface area contributed by atoms with Crippen molar-refractivity contribution in [3.8, 4) is 0 Å². The molecule has 1 atom stereocenters. The Morgan fingerprint density at radius 2 is 2.38 bits per heavy atom. The van der Waals surface area contributed by atoms with E-state index in [1.54, 1.807) is 0 Å². The monoisotopic (exact) mass is 199 g/mol. The molecule has 0 aromatic rings. The number of hydrogen-bond donors (Lipinski definition) is 2. The summed E-state index contributed by atoms with van der Waals surface area (Å²) in [5.41, 5.74) is 0. The quantitative estimate of drug-likeness (QED) is 0.216. The van der Waals surface area contributed by atoms with Crippen molar-refractivity contribution in [3.05, 3.63) is 5.21 Å². The predicted octanol–water partition coefficient (Wildman–Crippen LogP) is -2.93. The van der Waals surface area contributed by atoms with Crippen LogP contribution in [0.4, 0.5) is 0 Å². The maximum atomic E-state index is 10.8. The second-order valence-corrected chi connectivity index (χ2v) is 2.95. The molecule has 0 saturated carbocycles. The number of hydrazine groups is 1. The van der Waals surface area contributed by atoms with Gasteiger partial charge in [-0.3, -0.25) is 0 Å². The first-order valence-electron chi connectivity index (χ1n) is 3.96. The molecule has 0 aromatic heterocycles. The summed E-state index contributed by atoms with van der Waals surface area (Å²) >= 11 is 0. The first kappa shape index (κ1) is 13.0. The van der Waals surface area contributed by atoms with E-state index < -0.39 is 0 Å². The SMILES string of the molecule is [H-].[Na+].[O-]/[N+](=N/O)N1CCCC(CO)C1. The van der Waals surface area contributed by atoms with Crippen molar-refractivity contribution >= 4 is 0 Å². The molecular weight excluding hydrogens is 185 g/mol. The van der Waals surface area contributed by atoms with Crippen molar-refractivity contribution in [2.75, 3.05) is 19.7 Å². The molecule has 7 heteroatoms. The minimum Gasteiger partial charge on any atom is -1.00 e. The molecule has 1 aliphatic heterocycles. The molecule has 1 unspecified atom stereocenters. The van der Waals surface area contributed by atoms with Crippen LogP contribution >= 0.6 is 0 Å². The molecule has 6 nitrogen and oxygen atoms in total. The maximum absolute atomic E-state index is 10.8. The van der Waals surface area contributed by atoms with Gasteiger partial charge in [-0.05, 0) is 12.8 Å². The molecule has 1 rings (SSSR count). The van der Waals surface area contributed by atoms with E-state index in [-0.39, 0.29) is 48.5 Å². The van der Waals surface area contributed by atoms with Crippen LogP contribution in [0.1, 0.15) is 14.3 Å². The fourth-order valence-electron chi connectivity index (χ4n) is 1.40. The zero-order valence-electron chi connectivity index (χ0n) is 8.76.